The molecule has 1 aromatic heterocycles. The summed E-state index contributed by atoms with van der Waals surface area (Å²) in [6.45, 7) is 6.35. The average Bonchev–Trinajstić information content (AvgIpc) is 2.65. The zero-order chi connectivity index (χ0) is 12.6. The Morgan fingerprint density at radius 2 is 1.82 bits per heavy atom. The lowest BCUT2D eigenvalue weighted by Crippen LogP contribution is -2.10. The Kier molecular flexibility index (Phi) is 2.92. The number of aryl methyl sites for hydroxylation is 2. The average molecular weight is 229 g/mol. The molecule has 90 valence electrons. The first-order chi connectivity index (χ1) is 8.00. The normalized spacial score (nSPS) is 10.6. The molecule has 17 heavy (non-hydrogen) atoms. The standard InChI is InChI=1S/C14H19N3/c1-10-7-6-8-13(12(10)3)17-11(2)9-14(15-17)16(4)5/h6-9H,1-5H3. The van der Waals surface area contributed by atoms with E-state index in [1.54, 1.807) is 0 Å². The molecule has 0 fully saturated rings. The maximum atomic E-state index is 4.62. The van der Waals surface area contributed by atoms with E-state index in [4.69, 9.17) is 0 Å². The van der Waals surface area contributed by atoms with Crippen LogP contribution in [0.5, 0.6) is 0 Å². The van der Waals surface area contributed by atoms with Gasteiger partial charge in [0.25, 0.3) is 0 Å². The first-order valence-electron chi connectivity index (χ1n) is 5.81. The summed E-state index contributed by atoms with van der Waals surface area (Å²) in [4.78, 5) is 2.02. The van der Waals surface area contributed by atoms with Crippen molar-refractivity contribution in [1.82, 2.24) is 9.78 Å². The number of benzene rings is 1. The van der Waals surface area contributed by atoms with Crippen LogP contribution in [0.4, 0.5) is 5.82 Å². The monoisotopic (exact) mass is 229 g/mol. The molecule has 0 N–H and O–H groups in total. The lowest BCUT2D eigenvalue weighted by atomic mass is 10.1. The molecule has 0 atom stereocenters. The van der Waals surface area contributed by atoms with Crippen LogP contribution in [-0.2, 0) is 0 Å². The summed E-state index contributed by atoms with van der Waals surface area (Å²) in [5, 5.41) is 4.62. The van der Waals surface area contributed by atoms with Gasteiger partial charge < -0.3 is 4.90 Å². The highest BCUT2D eigenvalue weighted by Crippen LogP contribution is 2.21. The van der Waals surface area contributed by atoms with Gasteiger partial charge in [-0.3, -0.25) is 0 Å². The number of rotatable bonds is 2. The molecule has 2 aromatic rings. The Bertz CT molecular complexity index is 538. The quantitative estimate of drug-likeness (QED) is 0.789. The van der Waals surface area contributed by atoms with E-state index in [0.717, 1.165) is 17.2 Å². The maximum absolute atomic E-state index is 4.62. The molecule has 0 unspecified atom stereocenters. The van der Waals surface area contributed by atoms with Crippen molar-refractivity contribution in [2.45, 2.75) is 20.8 Å². The number of nitrogens with zero attached hydrogens (tertiary/aromatic N) is 3. The van der Waals surface area contributed by atoms with Crippen LogP contribution in [-0.4, -0.2) is 23.9 Å². The van der Waals surface area contributed by atoms with Gasteiger partial charge in [0, 0.05) is 25.9 Å². The Hall–Kier alpha value is -1.77. The van der Waals surface area contributed by atoms with E-state index in [1.165, 1.54) is 11.1 Å². The molecular formula is C14H19N3. The van der Waals surface area contributed by atoms with Crippen molar-refractivity contribution in [1.29, 1.82) is 0 Å². The zero-order valence-corrected chi connectivity index (χ0v) is 11.2. The van der Waals surface area contributed by atoms with E-state index in [2.05, 4.69) is 50.1 Å². The number of anilines is 1. The molecule has 0 aliphatic heterocycles. The van der Waals surface area contributed by atoms with Gasteiger partial charge in [-0.2, -0.15) is 5.10 Å². The second-order valence-electron chi connectivity index (χ2n) is 4.67. The molecule has 0 amide bonds. The van der Waals surface area contributed by atoms with E-state index in [0.29, 0.717) is 0 Å². The second-order valence-corrected chi connectivity index (χ2v) is 4.67. The van der Waals surface area contributed by atoms with E-state index in [9.17, 15) is 0 Å². The second kappa shape index (κ2) is 4.24. The minimum absolute atomic E-state index is 0.989. The van der Waals surface area contributed by atoms with E-state index in [-0.39, 0.29) is 0 Å². The first kappa shape index (κ1) is 11.7. The summed E-state index contributed by atoms with van der Waals surface area (Å²) in [6.07, 6.45) is 0. The molecule has 0 bridgehead atoms. The van der Waals surface area contributed by atoms with Crippen LogP contribution in [0.2, 0.25) is 0 Å². The SMILES string of the molecule is Cc1cccc(-n2nc(N(C)C)cc2C)c1C. The largest absolute Gasteiger partial charge is 0.361 e. The van der Waals surface area contributed by atoms with Crippen LogP contribution in [0.25, 0.3) is 5.69 Å². The fourth-order valence-corrected chi connectivity index (χ4v) is 1.89. The minimum atomic E-state index is 0.989. The summed E-state index contributed by atoms with van der Waals surface area (Å²) in [5.41, 5.74) is 4.89. The van der Waals surface area contributed by atoms with E-state index in [1.807, 2.05) is 23.7 Å². The van der Waals surface area contributed by atoms with Crippen molar-refractivity contribution in [2.24, 2.45) is 0 Å². The van der Waals surface area contributed by atoms with E-state index < -0.39 is 0 Å². The van der Waals surface area contributed by atoms with Crippen molar-refractivity contribution < 1.29 is 0 Å². The van der Waals surface area contributed by atoms with Crippen molar-refractivity contribution in [3.8, 4) is 5.69 Å². The third-order valence-corrected chi connectivity index (χ3v) is 3.14. The summed E-state index contributed by atoms with van der Waals surface area (Å²) in [6, 6.07) is 8.42. The van der Waals surface area contributed by atoms with Gasteiger partial charge in [-0.05, 0) is 38.0 Å². The van der Waals surface area contributed by atoms with Crippen molar-refractivity contribution in [3.05, 3.63) is 41.1 Å². The lowest BCUT2D eigenvalue weighted by Gasteiger charge is -2.11. The van der Waals surface area contributed by atoms with Gasteiger partial charge in [-0.25, -0.2) is 4.68 Å². The van der Waals surface area contributed by atoms with Crippen LogP contribution in [0.15, 0.2) is 24.3 Å². The van der Waals surface area contributed by atoms with Crippen molar-refractivity contribution in [3.63, 3.8) is 0 Å². The minimum Gasteiger partial charge on any atom is -0.361 e. The van der Waals surface area contributed by atoms with Gasteiger partial charge >= 0.3 is 0 Å². The Morgan fingerprint density at radius 1 is 1.12 bits per heavy atom. The van der Waals surface area contributed by atoms with Crippen LogP contribution in [0, 0.1) is 20.8 Å². The molecule has 0 saturated carbocycles. The number of hydrogen-bond donors (Lipinski definition) is 0. The number of hydrogen-bond acceptors (Lipinski definition) is 2. The summed E-state index contributed by atoms with van der Waals surface area (Å²) >= 11 is 0. The molecule has 0 saturated heterocycles. The molecule has 2 rings (SSSR count). The summed E-state index contributed by atoms with van der Waals surface area (Å²) in [7, 11) is 4.02. The third kappa shape index (κ3) is 2.05. The smallest absolute Gasteiger partial charge is 0.150 e. The first-order valence-corrected chi connectivity index (χ1v) is 5.81. The summed E-state index contributed by atoms with van der Waals surface area (Å²) < 4.78 is 2.01. The van der Waals surface area contributed by atoms with Gasteiger partial charge in [0.1, 0.15) is 0 Å². The Morgan fingerprint density at radius 3 is 2.41 bits per heavy atom. The van der Waals surface area contributed by atoms with Crippen molar-refractivity contribution in [2.75, 3.05) is 19.0 Å². The fourth-order valence-electron chi connectivity index (χ4n) is 1.89. The van der Waals surface area contributed by atoms with Gasteiger partial charge in [-0.1, -0.05) is 12.1 Å². The molecule has 1 aromatic carbocycles. The molecular weight excluding hydrogens is 210 g/mol. The highest BCUT2D eigenvalue weighted by molar-refractivity contribution is 5.48. The van der Waals surface area contributed by atoms with Gasteiger partial charge in [-0.15, -0.1) is 0 Å². The molecule has 1 heterocycles. The molecule has 0 spiro atoms. The predicted molar refractivity (Wildman–Crippen MR) is 72.1 cm³/mol. The Balaban J connectivity index is 2.57. The Labute approximate surface area is 103 Å². The van der Waals surface area contributed by atoms with Gasteiger partial charge in [0.15, 0.2) is 5.82 Å². The molecule has 3 heteroatoms. The van der Waals surface area contributed by atoms with Gasteiger partial charge in [0.2, 0.25) is 0 Å². The highest BCUT2D eigenvalue weighted by Gasteiger charge is 2.10. The third-order valence-electron chi connectivity index (χ3n) is 3.14. The topological polar surface area (TPSA) is 21.1 Å². The van der Waals surface area contributed by atoms with Crippen LogP contribution in [0.3, 0.4) is 0 Å². The fraction of sp³-hybridized carbons (Fsp3) is 0.357. The van der Waals surface area contributed by atoms with Crippen LogP contribution in [0.1, 0.15) is 16.8 Å². The molecule has 3 nitrogen and oxygen atoms in total. The molecule has 0 aliphatic carbocycles. The van der Waals surface area contributed by atoms with Crippen LogP contribution >= 0.6 is 0 Å². The lowest BCUT2D eigenvalue weighted by molar-refractivity contribution is 0.830. The van der Waals surface area contributed by atoms with Gasteiger partial charge in [0.05, 0.1) is 5.69 Å². The zero-order valence-electron chi connectivity index (χ0n) is 11.2. The van der Waals surface area contributed by atoms with E-state index >= 15 is 0 Å². The highest BCUT2D eigenvalue weighted by atomic mass is 15.3. The molecule has 0 aliphatic rings. The molecule has 0 radical (unpaired) electrons. The number of aromatic nitrogens is 2. The predicted octanol–water partition coefficient (Wildman–Crippen LogP) is 2.86. The van der Waals surface area contributed by atoms with Crippen molar-refractivity contribution >= 4 is 5.82 Å². The summed E-state index contributed by atoms with van der Waals surface area (Å²) in [5.74, 6) is 0.989. The van der Waals surface area contributed by atoms with Crippen LogP contribution < -0.4 is 4.90 Å². The maximum Gasteiger partial charge on any atom is 0.150 e.